The van der Waals surface area contributed by atoms with Gasteiger partial charge in [0.2, 0.25) is 0 Å². The molecule has 0 aliphatic rings. The summed E-state index contributed by atoms with van der Waals surface area (Å²) in [7, 11) is 0. The molecule has 1 rings (SSSR count). The molecule has 0 saturated carbocycles. The van der Waals surface area contributed by atoms with Crippen molar-refractivity contribution in [1.29, 1.82) is 0 Å². The van der Waals surface area contributed by atoms with Gasteiger partial charge < -0.3 is 15.0 Å². The van der Waals surface area contributed by atoms with Crippen molar-refractivity contribution in [3.63, 3.8) is 0 Å². The van der Waals surface area contributed by atoms with Crippen LogP contribution in [0, 0.1) is 4.64 Å². The zero-order valence-corrected chi connectivity index (χ0v) is 11.9. The third-order valence-corrected chi connectivity index (χ3v) is 2.86. The van der Waals surface area contributed by atoms with Crippen LogP contribution in [0.5, 0.6) is 0 Å². The van der Waals surface area contributed by atoms with Crippen LogP contribution in [0.1, 0.15) is 37.0 Å². The molecule has 1 aromatic rings. The van der Waals surface area contributed by atoms with Crippen LogP contribution in [0.25, 0.3) is 0 Å². The molecule has 19 heavy (non-hydrogen) atoms. The van der Waals surface area contributed by atoms with Crippen LogP contribution in [-0.2, 0) is 9.53 Å². The van der Waals surface area contributed by atoms with Gasteiger partial charge in [-0.3, -0.25) is 9.59 Å². The predicted molar refractivity (Wildman–Crippen MR) is 74.4 cm³/mol. The lowest BCUT2D eigenvalue weighted by atomic mass is 10.1. The Bertz CT molecular complexity index is 499. The number of carbonyl (C=O) groups excluding carboxylic acids is 2. The Balaban J connectivity index is 2.47. The molecule has 0 aliphatic carbocycles. The van der Waals surface area contributed by atoms with Crippen LogP contribution in [0.4, 0.5) is 0 Å². The van der Waals surface area contributed by atoms with Crippen molar-refractivity contribution in [3.05, 3.63) is 28.5 Å². The van der Waals surface area contributed by atoms with Crippen molar-refractivity contribution in [2.75, 3.05) is 6.61 Å². The average Bonchev–Trinajstić information content (AvgIpc) is 2.37. The molecule has 0 aromatic carbocycles. The fourth-order valence-corrected chi connectivity index (χ4v) is 1.77. The first-order valence-electron chi connectivity index (χ1n) is 6.18. The van der Waals surface area contributed by atoms with Gasteiger partial charge in [-0.1, -0.05) is 12.2 Å². The first-order chi connectivity index (χ1) is 9.04. The number of aromatic nitrogens is 1. The second-order valence-electron chi connectivity index (χ2n) is 4.13. The maximum absolute atomic E-state index is 11.9. The van der Waals surface area contributed by atoms with Crippen molar-refractivity contribution < 1.29 is 14.3 Å². The standard InChI is InChI=1S/C13H18N2O3S/c1-3-18-11(16)7-6-9(2)15-12(17)10-5-4-8-14-13(10)19/h4-5,8-9H,3,6-7H2,1-2H3,(H,14,19)(H,15,17). The van der Waals surface area contributed by atoms with E-state index in [9.17, 15) is 9.59 Å². The maximum Gasteiger partial charge on any atom is 0.305 e. The first-order valence-corrected chi connectivity index (χ1v) is 6.59. The van der Waals surface area contributed by atoms with E-state index in [1.807, 2.05) is 6.92 Å². The van der Waals surface area contributed by atoms with Crippen molar-refractivity contribution in [3.8, 4) is 0 Å². The van der Waals surface area contributed by atoms with Crippen LogP contribution >= 0.6 is 12.2 Å². The fourth-order valence-electron chi connectivity index (χ4n) is 1.54. The number of aromatic amines is 1. The molecule has 0 radical (unpaired) electrons. The van der Waals surface area contributed by atoms with Crippen molar-refractivity contribution in [1.82, 2.24) is 10.3 Å². The topological polar surface area (TPSA) is 71.2 Å². The summed E-state index contributed by atoms with van der Waals surface area (Å²) >= 11 is 5.03. The highest BCUT2D eigenvalue weighted by Gasteiger charge is 2.12. The first kappa shape index (κ1) is 15.4. The number of carbonyl (C=O) groups is 2. The quantitative estimate of drug-likeness (QED) is 0.620. The molecule has 2 N–H and O–H groups in total. The second-order valence-corrected chi connectivity index (χ2v) is 4.54. The largest absolute Gasteiger partial charge is 0.466 e. The van der Waals surface area contributed by atoms with E-state index in [-0.39, 0.29) is 24.3 Å². The molecule has 1 unspecified atom stereocenters. The molecule has 6 heteroatoms. The predicted octanol–water partition coefficient (Wildman–Crippen LogP) is 2.21. The Kier molecular flexibility index (Phi) is 6.21. The zero-order chi connectivity index (χ0) is 14.3. The van der Waals surface area contributed by atoms with Gasteiger partial charge in [-0.15, -0.1) is 0 Å². The second kappa shape index (κ2) is 7.68. The molecule has 0 aliphatic heterocycles. The Morgan fingerprint density at radius 3 is 2.89 bits per heavy atom. The molecule has 0 saturated heterocycles. The van der Waals surface area contributed by atoms with Gasteiger partial charge in [0.25, 0.3) is 5.91 Å². The normalized spacial score (nSPS) is 11.7. The van der Waals surface area contributed by atoms with Crippen molar-refractivity contribution in [2.24, 2.45) is 0 Å². The number of hydrogen-bond acceptors (Lipinski definition) is 4. The Labute approximate surface area is 117 Å². The Morgan fingerprint density at radius 1 is 1.53 bits per heavy atom. The van der Waals surface area contributed by atoms with Gasteiger partial charge in [0, 0.05) is 18.7 Å². The van der Waals surface area contributed by atoms with Crippen LogP contribution in [-0.4, -0.2) is 29.5 Å². The SMILES string of the molecule is CCOC(=O)CCC(C)NC(=O)c1ccc[nH]c1=S. The number of amides is 1. The number of nitrogens with one attached hydrogen (secondary N) is 2. The third-order valence-electron chi connectivity index (χ3n) is 2.53. The lowest BCUT2D eigenvalue weighted by Gasteiger charge is -2.13. The number of pyridine rings is 1. The molecule has 5 nitrogen and oxygen atoms in total. The number of H-pyrrole nitrogens is 1. The number of hydrogen-bond donors (Lipinski definition) is 2. The summed E-state index contributed by atoms with van der Waals surface area (Å²) in [6, 6.07) is 3.26. The third kappa shape index (κ3) is 5.21. The van der Waals surface area contributed by atoms with Crippen LogP contribution < -0.4 is 5.32 Å². The van der Waals surface area contributed by atoms with E-state index < -0.39 is 0 Å². The van der Waals surface area contributed by atoms with Gasteiger partial charge in [0.1, 0.15) is 4.64 Å². The summed E-state index contributed by atoms with van der Waals surface area (Å²) in [6.07, 6.45) is 2.49. The van der Waals surface area contributed by atoms with Gasteiger partial charge in [-0.2, -0.15) is 0 Å². The highest BCUT2D eigenvalue weighted by atomic mass is 32.1. The molecule has 1 heterocycles. The van der Waals surface area contributed by atoms with Gasteiger partial charge in [0.05, 0.1) is 12.2 Å². The van der Waals surface area contributed by atoms with E-state index in [0.29, 0.717) is 23.2 Å². The monoisotopic (exact) mass is 282 g/mol. The molecular weight excluding hydrogens is 264 g/mol. The van der Waals surface area contributed by atoms with Gasteiger partial charge in [0.15, 0.2) is 0 Å². The summed E-state index contributed by atoms with van der Waals surface area (Å²) in [5.74, 6) is -0.487. The lowest BCUT2D eigenvalue weighted by molar-refractivity contribution is -0.143. The van der Waals surface area contributed by atoms with E-state index in [2.05, 4.69) is 10.3 Å². The molecule has 1 aromatic heterocycles. The average molecular weight is 282 g/mol. The minimum Gasteiger partial charge on any atom is -0.466 e. The minimum atomic E-state index is -0.249. The molecule has 0 bridgehead atoms. The summed E-state index contributed by atoms with van der Waals surface area (Å²) in [4.78, 5) is 25.9. The minimum absolute atomic E-state index is 0.119. The van der Waals surface area contributed by atoms with Gasteiger partial charge in [-0.25, -0.2) is 0 Å². The molecular formula is C13H18N2O3S. The van der Waals surface area contributed by atoms with E-state index in [1.54, 1.807) is 25.3 Å². The summed E-state index contributed by atoms with van der Waals surface area (Å²) in [6.45, 7) is 3.98. The van der Waals surface area contributed by atoms with Crippen LogP contribution in [0.15, 0.2) is 18.3 Å². The molecule has 1 amide bonds. The van der Waals surface area contributed by atoms with E-state index in [0.717, 1.165) is 0 Å². The van der Waals surface area contributed by atoms with E-state index >= 15 is 0 Å². The molecule has 104 valence electrons. The van der Waals surface area contributed by atoms with Crippen molar-refractivity contribution in [2.45, 2.75) is 32.7 Å². The van der Waals surface area contributed by atoms with E-state index in [4.69, 9.17) is 17.0 Å². The summed E-state index contributed by atoms with van der Waals surface area (Å²) < 4.78 is 5.23. The summed E-state index contributed by atoms with van der Waals surface area (Å²) in [5, 5.41) is 2.80. The number of rotatable bonds is 6. The molecule has 0 spiro atoms. The van der Waals surface area contributed by atoms with Crippen LogP contribution in [0.2, 0.25) is 0 Å². The lowest BCUT2D eigenvalue weighted by Crippen LogP contribution is -2.33. The van der Waals surface area contributed by atoms with Gasteiger partial charge in [-0.05, 0) is 32.4 Å². The van der Waals surface area contributed by atoms with Gasteiger partial charge >= 0.3 is 5.97 Å². The highest BCUT2D eigenvalue weighted by molar-refractivity contribution is 7.71. The maximum atomic E-state index is 11.9. The Hall–Kier alpha value is -1.69. The van der Waals surface area contributed by atoms with Crippen molar-refractivity contribution >= 4 is 24.1 Å². The number of esters is 1. The molecule has 0 fully saturated rings. The zero-order valence-electron chi connectivity index (χ0n) is 11.1. The Morgan fingerprint density at radius 2 is 2.26 bits per heavy atom. The summed E-state index contributed by atoms with van der Waals surface area (Å²) in [5.41, 5.74) is 0.431. The number of ether oxygens (including phenoxy) is 1. The fraction of sp³-hybridized carbons (Fsp3) is 0.462. The highest BCUT2D eigenvalue weighted by Crippen LogP contribution is 2.03. The van der Waals surface area contributed by atoms with Crippen LogP contribution in [0.3, 0.4) is 0 Å². The van der Waals surface area contributed by atoms with E-state index in [1.165, 1.54) is 0 Å². The smallest absolute Gasteiger partial charge is 0.305 e. The molecule has 1 atom stereocenters.